The lowest BCUT2D eigenvalue weighted by Gasteiger charge is -2.16. The van der Waals surface area contributed by atoms with Gasteiger partial charge in [0.25, 0.3) is 5.91 Å². The number of hydrogen-bond donors (Lipinski definition) is 2. The zero-order chi connectivity index (χ0) is 14.4. The first-order valence-electron chi connectivity index (χ1n) is 6.45. The van der Waals surface area contributed by atoms with Crippen LogP contribution in [-0.4, -0.2) is 18.6 Å². The minimum Gasteiger partial charge on any atom is -0.478 e. The predicted molar refractivity (Wildman–Crippen MR) is 73.6 cm³/mol. The van der Waals surface area contributed by atoms with Crippen molar-refractivity contribution >= 4 is 11.6 Å². The number of anilines is 1. The van der Waals surface area contributed by atoms with Crippen LogP contribution in [0.25, 0.3) is 0 Å². The maximum atomic E-state index is 13.6. The molecule has 106 valence electrons. The predicted octanol–water partition coefficient (Wildman–Crippen LogP) is 2.40. The molecule has 0 aliphatic heterocycles. The summed E-state index contributed by atoms with van der Waals surface area (Å²) in [5.41, 5.74) is 6.67. The van der Waals surface area contributed by atoms with Crippen molar-refractivity contribution in [3.63, 3.8) is 0 Å². The minimum atomic E-state index is -0.741. The second-order valence-corrected chi connectivity index (χ2v) is 4.54. The van der Waals surface area contributed by atoms with Gasteiger partial charge in [-0.3, -0.25) is 4.79 Å². The maximum absolute atomic E-state index is 13.6. The van der Waals surface area contributed by atoms with Crippen LogP contribution in [0.1, 0.15) is 32.3 Å². The Morgan fingerprint density at radius 3 is 2.84 bits per heavy atom. The lowest BCUT2D eigenvalue weighted by atomic mass is 10.2. The topological polar surface area (TPSA) is 64.3 Å². The third-order valence-corrected chi connectivity index (χ3v) is 2.82. The van der Waals surface area contributed by atoms with E-state index in [0.717, 1.165) is 18.4 Å². The molecule has 5 heteroatoms. The molecule has 0 bridgehead atoms. The largest absolute Gasteiger partial charge is 0.478 e. The van der Waals surface area contributed by atoms with Crippen molar-refractivity contribution in [3.8, 4) is 5.75 Å². The van der Waals surface area contributed by atoms with Crippen molar-refractivity contribution in [3.05, 3.63) is 23.5 Å². The van der Waals surface area contributed by atoms with Crippen LogP contribution < -0.4 is 15.8 Å². The summed E-state index contributed by atoms with van der Waals surface area (Å²) in [6, 6.07) is 2.70. The number of amides is 1. The van der Waals surface area contributed by atoms with Gasteiger partial charge in [0.1, 0.15) is 0 Å². The van der Waals surface area contributed by atoms with Crippen molar-refractivity contribution in [1.82, 2.24) is 5.32 Å². The van der Waals surface area contributed by atoms with Gasteiger partial charge in [-0.2, -0.15) is 0 Å². The lowest BCUT2D eigenvalue weighted by molar-refractivity contribution is -0.127. The second kappa shape index (κ2) is 6.97. The average molecular weight is 268 g/mol. The standard InChI is InChI=1S/C14H21FN2O2/c1-4-5-6-17-14(18)10(3)19-13-7-9(2)12(16)8-11(13)15/h7-8,10H,4-6,16H2,1-3H3,(H,17,18). The van der Waals surface area contributed by atoms with Crippen LogP contribution in [0.2, 0.25) is 0 Å². The van der Waals surface area contributed by atoms with Crippen molar-refractivity contribution < 1.29 is 13.9 Å². The molecule has 0 radical (unpaired) electrons. The number of aryl methyl sites for hydroxylation is 1. The Labute approximate surface area is 113 Å². The van der Waals surface area contributed by atoms with E-state index < -0.39 is 11.9 Å². The molecule has 3 N–H and O–H groups in total. The van der Waals surface area contributed by atoms with E-state index >= 15 is 0 Å². The Balaban J connectivity index is 2.63. The monoisotopic (exact) mass is 268 g/mol. The second-order valence-electron chi connectivity index (χ2n) is 4.54. The van der Waals surface area contributed by atoms with Gasteiger partial charge in [0.15, 0.2) is 17.7 Å². The Hall–Kier alpha value is -1.78. The van der Waals surface area contributed by atoms with Crippen LogP contribution in [0.15, 0.2) is 12.1 Å². The van der Waals surface area contributed by atoms with Crippen molar-refractivity contribution in [2.75, 3.05) is 12.3 Å². The first-order valence-corrected chi connectivity index (χ1v) is 6.45. The SMILES string of the molecule is CCCCNC(=O)C(C)Oc1cc(C)c(N)cc1F. The number of halogens is 1. The zero-order valence-corrected chi connectivity index (χ0v) is 11.6. The molecule has 1 unspecified atom stereocenters. The number of unbranched alkanes of at least 4 members (excludes halogenated alkanes) is 1. The summed E-state index contributed by atoms with van der Waals surface area (Å²) in [5.74, 6) is -0.761. The summed E-state index contributed by atoms with van der Waals surface area (Å²) in [7, 11) is 0. The fraction of sp³-hybridized carbons (Fsp3) is 0.500. The summed E-state index contributed by atoms with van der Waals surface area (Å²) in [5, 5.41) is 2.74. The fourth-order valence-electron chi connectivity index (χ4n) is 1.54. The van der Waals surface area contributed by atoms with E-state index in [1.54, 1.807) is 13.8 Å². The van der Waals surface area contributed by atoms with Gasteiger partial charge in [-0.05, 0) is 31.9 Å². The van der Waals surface area contributed by atoms with Gasteiger partial charge in [0, 0.05) is 18.3 Å². The third kappa shape index (κ3) is 4.43. The van der Waals surface area contributed by atoms with Gasteiger partial charge in [-0.1, -0.05) is 13.3 Å². The van der Waals surface area contributed by atoms with Gasteiger partial charge in [0.2, 0.25) is 0 Å². The number of nitrogen functional groups attached to an aromatic ring is 1. The average Bonchev–Trinajstić information content (AvgIpc) is 2.36. The summed E-state index contributed by atoms with van der Waals surface area (Å²) in [6.07, 6.45) is 1.17. The summed E-state index contributed by atoms with van der Waals surface area (Å²) >= 11 is 0. The van der Waals surface area contributed by atoms with Crippen molar-refractivity contribution in [1.29, 1.82) is 0 Å². The summed E-state index contributed by atoms with van der Waals surface area (Å²) in [6.45, 7) is 5.99. The van der Waals surface area contributed by atoms with E-state index in [9.17, 15) is 9.18 Å². The number of carbonyl (C=O) groups is 1. The van der Waals surface area contributed by atoms with Crippen LogP contribution in [0.3, 0.4) is 0 Å². The van der Waals surface area contributed by atoms with E-state index in [-0.39, 0.29) is 11.7 Å². The molecule has 0 aliphatic rings. The summed E-state index contributed by atoms with van der Waals surface area (Å²) in [4.78, 5) is 11.7. The number of carbonyl (C=O) groups excluding carboxylic acids is 1. The highest BCUT2D eigenvalue weighted by molar-refractivity contribution is 5.80. The first-order chi connectivity index (χ1) is 8.95. The van der Waals surface area contributed by atoms with Gasteiger partial charge in [-0.25, -0.2) is 4.39 Å². The molecule has 1 amide bonds. The molecular formula is C14H21FN2O2. The highest BCUT2D eigenvalue weighted by Gasteiger charge is 2.16. The summed E-state index contributed by atoms with van der Waals surface area (Å²) < 4.78 is 19.0. The molecular weight excluding hydrogens is 247 g/mol. The van der Waals surface area contributed by atoms with E-state index in [4.69, 9.17) is 10.5 Å². The maximum Gasteiger partial charge on any atom is 0.260 e. The molecule has 4 nitrogen and oxygen atoms in total. The molecule has 0 heterocycles. The van der Waals surface area contributed by atoms with E-state index in [0.29, 0.717) is 12.2 Å². The van der Waals surface area contributed by atoms with E-state index in [1.807, 2.05) is 6.92 Å². The van der Waals surface area contributed by atoms with Gasteiger partial charge >= 0.3 is 0 Å². The van der Waals surface area contributed by atoms with Crippen molar-refractivity contribution in [2.45, 2.75) is 39.7 Å². The molecule has 1 aromatic rings. The van der Waals surface area contributed by atoms with E-state index in [1.165, 1.54) is 12.1 Å². The highest BCUT2D eigenvalue weighted by Crippen LogP contribution is 2.24. The van der Waals surface area contributed by atoms with Gasteiger partial charge in [-0.15, -0.1) is 0 Å². The Bertz CT molecular complexity index is 449. The molecule has 0 aliphatic carbocycles. The molecule has 1 rings (SSSR count). The number of nitrogens with one attached hydrogen (secondary N) is 1. The highest BCUT2D eigenvalue weighted by atomic mass is 19.1. The first kappa shape index (κ1) is 15.3. The van der Waals surface area contributed by atoms with Crippen LogP contribution in [0, 0.1) is 12.7 Å². The number of rotatable bonds is 6. The fourth-order valence-corrected chi connectivity index (χ4v) is 1.54. The Kier molecular flexibility index (Phi) is 5.60. The quantitative estimate of drug-likeness (QED) is 0.615. The van der Waals surface area contributed by atoms with Gasteiger partial charge < -0.3 is 15.8 Å². The molecule has 0 spiro atoms. The zero-order valence-electron chi connectivity index (χ0n) is 11.6. The molecule has 1 aromatic carbocycles. The molecule has 19 heavy (non-hydrogen) atoms. The number of nitrogens with two attached hydrogens (primary N) is 1. The van der Waals surface area contributed by atoms with Crippen LogP contribution in [0.5, 0.6) is 5.75 Å². The number of benzene rings is 1. The third-order valence-electron chi connectivity index (χ3n) is 2.82. The van der Waals surface area contributed by atoms with Crippen molar-refractivity contribution in [2.24, 2.45) is 0 Å². The van der Waals surface area contributed by atoms with Crippen LogP contribution in [-0.2, 0) is 4.79 Å². The number of hydrogen-bond acceptors (Lipinski definition) is 3. The smallest absolute Gasteiger partial charge is 0.260 e. The molecule has 0 aromatic heterocycles. The Morgan fingerprint density at radius 2 is 2.21 bits per heavy atom. The van der Waals surface area contributed by atoms with Crippen LogP contribution >= 0.6 is 0 Å². The number of ether oxygens (including phenoxy) is 1. The molecule has 0 saturated carbocycles. The molecule has 0 fully saturated rings. The lowest BCUT2D eigenvalue weighted by Crippen LogP contribution is -2.36. The van der Waals surface area contributed by atoms with Crippen LogP contribution in [0.4, 0.5) is 10.1 Å². The normalized spacial score (nSPS) is 12.0. The van der Waals surface area contributed by atoms with E-state index in [2.05, 4.69) is 5.32 Å². The molecule has 0 saturated heterocycles. The Morgan fingerprint density at radius 1 is 1.53 bits per heavy atom. The van der Waals surface area contributed by atoms with Gasteiger partial charge in [0.05, 0.1) is 0 Å². The molecule has 1 atom stereocenters. The minimum absolute atomic E-state index is 0.0461.